The van der Waals surface area contributed by atoms with Gasteiger partial charge in [-0.05, 0) is 67.8 Å². The van der Waals surface area contributed by atoms with E-state index in [1.807, 2.05) is 37.3 Å². The molecular formula is C26H29N5O3. The number of fused-ring (bicyclic) bond motifs is 1. The van der Waals surface area contributed by atoms with E-state index in [1.165, 1.54) is 11.1 Å². The molecule has 34 heavy (non-hydrogen) atoms. The van der Waals surface area contributed by atoms with Crippen LogP contribution in [0.4, 0.5) is 0 Å². The molecule has 4 rings (SSSR count). The number of ether oxygens (including phenoxy) is 2. The summed E-state index contributed by atoms with van der Waals surface area (Å²) in [4.78, 5) is 12.6. The summed E-state index contributed by atoms with van der Waals surface area (Å²) in [5.41, 5.74) is 5.90. The lowest BCUT2D eigenvalue weighted by atomic mass is 10.0. The fourth-order valence-electron chi connectivity index (χ4n) is 3.79. The van der Waals surface area contributed by atoms with Crippen LogP contribution < -0.4 is 14.8 Å². The first-order valence-electron chi connectivity index (χ1n) is 11.2. The lowest BCUT2D eigenvalue weighted by Gasteiger charge is -2.16. The van der Waals surface area contributed by atoms with Crippen molar-refractivity contribution in [3.05, 3.63) is 71.0 Å². The number of benzene rings is 2. The van der Waals surface area contributed by atoms with E-state index in [0.717, 1.165) is 16.8 Å². The zero-order valence-electron chi connectivity index (χ0n) is 20.1. The first kappa shape index (κ1) is 23.2. The van der Waals surface area contributed by atoms with Crippen LogP contribution in [0.1, 0.15) is 41.9 Å². The van der Waals surface area contributed by atoms with Crippen LogP contribution in [0.15, 0.2) is 48.5 Å². The minimum atomic E-state index is -0.183. The van der Waals surface area contributed by atoms with E-state index in [1.54, 1.807) is 18.7 Å². The largest absolute Gasteiger partial charge is 0.493 e. The van der Waals surface area contributed by atoms with E-state index in [9.17, 15) is 4.79 Å². The van der Waals surface area contributed by atoms with Gasteiger partial charge in [-0.2, -0.15) is 9.61 Å². The summed E-state index contributed by atoms with van der Waals surface area (Å²) < 4.78 is 12.4. The third kappa shape index (κ3) is 4.85. The highest BCUT2D eigenvalue weighted by atomic mass is 16.5. The molecule has 0 bridgehead atoms. The van der Waals surface area contributed by atoms with Gasteiger partial charge in [0.2, 0.25) is 5.91 Å². The SMILES string of the molecule is COc1ccc([C@H](C)NC(=O)CCc2nnc3ccc(-c4ccc(C)c(C)c4)nn23)cc1OC. The molecule has 176 valence electrons. The topological polar surface area (TPSA) is 90.6 Å². The summed E-state index contributed by atoms with van der Waals surface area (Å²) >= 11 is 0. The van der Waals surface area contributed by atoms with Crippen molar-refractivity contribution in [3.8, 4) is 22.8 Å². The number of hydrogen-bond acceptors (Lipinski definition) is 6. The Morgan fingerprint density at radius 1 is 0.971 bits per heavy atom. The Hall–Kier alpha value is -3.94. The molecule has 2 aromatic heterocycles. The number of aryl methyl sites for hydroxylation is 3. The maximum absolute atomic E-state index is 12.6. The summed E-state index contributed by atoms with van der Waals surface area (Å²) in [5.74, 6) is 1.84. The lowest BCUT2D eigenvalue weighted by molar-refractivity contribution is -0.121. The number of aromatic nitrogens is 4. The van der Waals surface area contributed by atoms with Gasteiger partial charge in [-0.1, -0.05) is 18.2 Å². The summed E-state index contributed by atoms with van der Waals surface area (Å²) in [6.07, 6.45) is 0.697. The Balaban J connectivity index is 1.44. The van der Waals surface area contributed by atoms with Gasteiger partial charge in [-0.25, -0.2) is 0 Å². The summed E-state index contributed by atoms with van der Waals surface area (Å²) in [5, 5.41) is 16.2. The highest BCUT2D eigenvalue weighted by Crippen LogP contribution is 2.30. The van der Waals surface area contributed by atoms with E-state index < -0.39 is 0 Å². The van der Waals surface area contributed by atoms with E-state index >= 15 is 0 Å². The number of amides is 1. The molecule has 0 saturated carbocycles. The molecule has 0 saturated heterocycles. The average molecular weight is 460 g/mol. The highest BCUT2D eigenvalue weighted by molar-refractivity contribution is 5.76. The van der Waals surface area contributed by atoms with Crippen molar-refractivity contribution < 1.29 is 14.3 Å². The molecule has 8 heteroatoms. The van der Waals surface area contributed by atoms with E-state index in [-0.39, 0.29) is 18.4 Å². The van der Waals surface area contributed by atoms with Crippen molar-refractivity contribution in [2.75, 3.05) is 14.2 Å². The Morgan fingerprint density at radius 3 is 2.50 bits per heavy atom. The monoisotopic (exact) mass is 459 g/mol. The Kier molecular flexibility index (Phi) is 6.77. The number of carbonyl (C=O) groups is 1. The fraction of sp³-hybridized carbons (Fsp3) is 0.308. The Morgan fingerprint density at radius 2 is 1.76 bits per heavy atom. The predicted molar refractivity (Wildman–Crippen MR) is 130 cm³/mol. The third-order valence-corrected chi connectivity index (χ3v) is 5.99. The van der Waals surface area contributed by atoms with E-state index in [4.69, 9.17) is 14.6 Å². The van der Waals surface area contributed by atoms with Crippen LogP contribution in [0.2, 0.25) is 0 Å². The normalized spacial score (nSPS) is 11.9. The summed E-state index contributed by atoms with van der Waals surface area (Å²) in [7, 11) is 3.18. The highest BCUT2D eigenvalue weighted by Gasteiger charge is 2.15. The maximum Gasteiger partial charge on any atom is 0.220 e. The zero-order chi connectivity index (χ0) is 24.2. The minimum absolute atomic E-state index is 0.0793. The molecule has 2 aromatic carbocycles. The third-order valence-electron chi connectivity index (χ3n) is 5.99. The van der Waals surface area contributed by atoms with Gasteiger partial charge >= 0.3 is 0 Å². The number of nitrogens with zero attached hydrogens (tertiary/aromatic N) is 4. The second-order valence-electron chi connectivity index (χ2n) is 8.31. The van der Waals surface area contributed by atoms with Crippen LogP contribution in [0, 0.1) is 13.8 Å². The van der Waals surface area contributed by atoms with Gasteiger partial charge < -0.3 is 14.8 Å². The van der Waals surface area contributed by atoms with E-state index in [0.29, 0.717) is 29.4 Å². The lowest BCUT2D eigenvalue weighted by Crippen LogP contribution is -2.27. The maximum atomic E-state index is 12.6. The smallest absolute Gasteiger partial charge is 0.220 e. The van der Waals surface area contributed by atoms with Gasteiger partial charge in [0.15, 0.2) is 23.0 Å². The molecular weight excluding hydrogens is 430 g/mol. The quantitative estimate of drug-likeness (QED) is 0.424. The van der Waals surface area contributed by atoms with Crippen molar-refractivity contribution in [2.45, 2.75) is 39.7 Å². The zero-order valence-corrected chi connectivity index (χ0v) is 20.1. The van der Waals surface area contributed by atoms with Gasteiger partial charge in [0.25, 0.3) is 0 Å². The summed E-state index contributed by atoms with van der Waals surface area (Å²) in [6, 6.07) is 15.5. The Bertz CT molecular complexity index is 1330. The molecule has 0 aliphatic carbocycles. The first-order valence-corrected chi connectivity index (χ1v) is 11.2. The van der Waals surface area contributed by atoms with Crippen LogP contribution in [0.5, 0.6) is 11.5 Å². The van der Waals surface area contributed by atoms with E-state index in [2.05, 4.69) is 47.6 Å². The minimum Gasteiger partial charge on any atom is -0.493 e. The van der Waals surface area contributed by atoms with Crippen LogP contribution >= 0.6 is 0 Å². The average Bonchev–Trinajstić information content (AvgIpc) is 3.26. The van der Waals surface area contributed by atoms with Crippen LogP contribution in [-0.2, 0) is 11.2 Å². The molecule has 0 aliphatic rings. The van der Waals surface area contributed by atoms with Crippen LogP contribution in [0.3, 0.4) is 0 Å². The molecule has 1 amide bonds. The standard InChI is InChI=1S/C26H29N5O3/c1-16-6-7-20(14-17(16)2)21-9-11-24-28-29-25(31(24)30-21)12-13-26(32)27-18(3)19-8-10-22(33-4)23(15-19)34-5/h6-11,14-15,18H,12-13H2,1-5H3,(H,27,32)/t18-/m0/s1. The van der Waals surface area contributed by atoms with Gasteiger partial charge in [0.05, 0.1) is 26.0 Å². The fourth-order valence-corrected chi connectivity index (χ4v) is 3.79. The molecule has 2 heterocycles. The number of hydrogen-bond donors (Lipinski definition) is 1. The van der Waals surface area contributed by atoms with Gasteiger partial charge in [0, 0.05) is 18.4 Å². The Labute approximate surface area is 198 Å². The second-order valence-corrected chi connectivity index (χ2v) is 8.31. The van der Waals surface area contributed by atoms with Gasteiger partial charge in [-0.15, -0.1) is 10.2 Å². The number of carbonyl (C=O) groups excluding carboxylic acids is 1. The summed E-state index contributed by atoms with van der Waals surface area (Å²) in [6.45, 7) is 6.11. The predicted octanol–water partition coefficient (Wildman–Crippen LogP) is 4.24. The van der Waals surface area contributed by atoms with Crippen molar-refractivity contribution in [1.82, 2.24) is 25.1 Å². The number of rotatable bonds is 8. The second kappa shape index (κ2) is 9.91. The molecule has 0 aliphatic heterocycles. The van der Waals surface area contributed by atoms with Gasteiger partial charge in [0.1, 0.15) is 0 Å². The molecule has 1 atom stereocenters. The number of methoxy groups -OCH3 is 2. The van der Waals surface area contributed by atoms with Crippen LogP contribution in [-0.4, -0.2) is 39.9 Å². The first-order chi connectivity index (χ1) is 16.4. The van der Waals surface area contributed by atoms with Crippen LogP contribution in [0.25, 0.3) is 16.9 Å². The molecule has 1 N–H and O–H groups in total. The number of nitrogens with one attached hydrogen (secondary N) is 1. The van der Waals surface area contributed by atoms with Crippen molar-refractivity contribution in [2.24, 2.45) is 0 Å². The van der Waals surface area contributed by atoms with Crippen molar-refractivity contribution in [1.29, 1.82) is 0 Å². The molecule has 8 nitrogen and oxygen atoms in total. The molecule has 0 unspecified atom stereocenters. The molecule has 4 aromatic rings. The molecule has 0 fully saturated rings. The molecule has 0 radical (unpaired) electrons. The van der Waals surface area contributed by atoms with Crippen molar-refractivity contribution in [3.63, 3.8) is 0 Å². The molecule has 0 spiro atoms. The van der Waals surface area contributed by atoms with Crippen molar-refractivity contribution >= 4 is 11.6 Å². The van der Waals surface area contributed by atoms with Gasteiger partial charge in [-0.3, -0.25) is 4.79 Å².